The molecule has 1 aliphatic carbocycles. The molecule has 0 spiro atoms. The lowest BCUT2D eigenvalue weighted by atomic mass is 9.76. The molecule has 3 rings (SSSR count). The molecule has 0 unspecified atom stereocenters. The first-order valence-corrected chi connectivity index (χ1v) is 16.6. The third-order valence-corrected chi connectivity index (χ3v) is 14.1. The van der Waals surface area contributed by atoms with Crippen molar-refractivity contribution in [3.8, 4) is 5.75 Å². The Balaban J connectivity index is 1.62. The van der Waals surface area contributed by atoms with E-state index < -0.39 is 30.4 Å². The quantitative estimate of drug-likeness (QED) is 0.352. The van der Waals surface area contributed by atoms with Gasteiger partial charge in [-0.25, -0.2) is 8.42 Å². The molecule has 0 amide bonds. The molecule has 0 aromatic heterocycles. The van der Waals surface area contributed by atoms with Crippen LogP contribution in [0, 0.1) is 18.8 Å². The molecule has 9 heteroatoms. The molecule has 1 saturated heterocycles. The predicted molar refractivity (Wildman–Crippen MR) is 135 cm³/mol. The van der Waals surface area contributed by atoms with Crippen molar-refractivity contribution in [2.45, 2.75) is 82.4 Å². The van der Waals surface area contributed by atoms with E-state index in [-0.39, 0.29) is 9.93 Å². The number of methoxy groups -OCH3 is 1. The summed E-state index contributed by atoms with van der Waals surface area (Å²) in [4.78, 5) is 12.3. The minimum atomic E-state index is -3.88. The maximum atomic E-state index is 13.5. The van der Waals surface area contributed by atoms with Crippen LogP contribution < -0.4 is 4.74 Å². The van der Waals surface area contributed by atoms with Crippen LogP contribution in [0.25, 0.3) is 0 Å². The molecule has 0 radical (unpaired) electrons. The predicted octanol–water partition coefficient (Wildman–Crippen LogP) is 4.75. The number of ether oxygens (including phenoxy) is 2. The second-order valence-corrected chi connectivity index (χ2v) is 18.0. The van der Waals surface area contributed by atoms with Crippen molar-refractivity contribution < 1.29 is 27.1 Å². The summed E-state index contributed by atoms with van der Waals surface area (Å²) >= 11 is 0. The molecular weight excluding hydrogens is 470 g/mol. The summed E-state index contributed by atoms with van der Waals surface area (Å²) in [6, 6.07) is 4.34. The highest BCUT2D eigenvalue weighted by Gasteiger charge is 2.42. The highest BCUT2D eigenvalue weighted by Crippen LogP contribution is 2.40. The first-order valence-electron chi connectivity index (χ1n) is 12.2. The summed E-state index contributed by atoms with van der Waals surface area (Å²) in [6.45, 7) is 14.8. The lowest BCUT2D eigenvalue weighted by Crippen LogP contribution is -2.43. The maximum absolute atomic E-state index is 13.5. The first-order chi connectivity index (χ1) is 15.8. The van der Waals surface area contributed by atoms with Crippen molar-refractivity contribution in [2.24, 2.45) is 11.8 Å². The van der Waals surface area contributed by atoms with Crippen molar-refractivity contribution >= 4 is 24.3 Å². The smallest absolute Gasteiger partial charge is 0.324 e. The van der Waals surface area contributed by atoms with E-state index in [4.69, 9.17) is 13.9 Å². The Bertz CT molecular complexity index is 982. The Labute approximate surface area is 206 Å². The molecule has 0 bridgehead atoms. The number of esters is 1. The van der Waals surface area contributed by atoms with E-state index in [9.17, 15) is 13.2 Å². The Hall–Kier alpha value is -1.42. The van der Waals surface area contributed by atoms with Crippen LogP contribution in [-0.4, -0.2) is 59.9 Å². The first kappa shape index (κ1) is 27.2. The number of sulfonamides is 1. The van der Waals surface area contributed by atoms with Gasteiger partial charge in [0.15, 0.2) is 8.32 Å². The van der Waals surface area contributed by atoms with Crippen LogP contribution in [0.5, 0.6) is 5.75 Å². The van der Waals surface area contributed by atoms with Gasteiger partial charge in [-0.1, -0.05) is 26.8 Å². The van der Waals surface area contributed by atoms with Crippen LogP contribution in [0.1, 0.15) is 52.0 Å². The van der Waals surface area contributed by atoms with Crippen LogP contribution in [0.4, 0.5) is 0 Å². The molecule has 192 valence electrons. The van der Waals surface area contributed by atoms with Gasteiger partial charge in [0, 0.05) is 13.2 Å². The fraction of sp³-hybridized carbons (Fsp3) is 0.720. The molecule has 1 heterocycles. The third kappa shape index (κ3) is 5.86. The molecule has 1 atom stereocenters. The minimum absolute atomic E-state index is 0.117. The SMILES string of the molecule is COC(=O)[C@@H]1CCCN1S(=O)(=O)c1ccc(C)cc1OCC1CC(CO[Si](C)(C)C(C)(C)C)C1. The molecule has 1 aromatic carbocycles. The highest BCUT2D eigenvalue weighted by molar-refractivity contribution is 7.89. The number of carbonyl (C=O) groups is 1. The number of aryl methyl sites for hydroxylation is 1. The molecular formula is C25H41NO6SSi. The zero-order valence-corrected chi connectivity index (χ0v) is 23.5. The normalized spacial score (nSPS) is 24.0. The van der Waals surface area contributed by atoms with Crippen molar-refractivity contribution in [1.82, 2.24) is 4.31 Å². The molecule has 34 heavy (non-hydrogen) atoms. The summed E-state index contributed by atoms with van der Waals surface area (Å²) in [6.07, 6.45) is 3.15. The Morgan fingerprint density at radius 1 is 1.15 bits per heavy atom. The number of nitrogens with zero attached hydrogens (tertiary/aromatic N) is 1. The average Bonchev–Trinajstić information content (AvgIpc) is 3.21. The van der Waals surface area contributed by atoms with Gasteiger partial charge in [0.1, 0.15) is 16.7 Å². The average molecular weight is 512 g/mol. The lowest BCUT2D eigenvalue weighted by molar-refractivity contribution is -0.144. The van der Waals surface area contributed by atoms with E-state index in [0.717, 1.165) is 25.0 Å². The monoisotopic (exact) mass is 511 g/mol. The van der Waals surface area contributed by atoms with Gasteiger partial charge in [-0.2, -0.15) is 4.31 Å². The molecule has 2 fully saturated rings. The van der Waals surface area contributed by atoms with Gasteiger partial charge < -0.3 is 13.9 Å². The zero-order valence-electron chi connectivity index (χ0n) is 21.7. The summed E-state index contributed by atoms with van der Waals surface area (Å²) in [5, 5.41) is 0.203. The summed E-state index contributed by atoms with van der Waals surface area (Å²) in [5.41, 5.74) is 0.925. The van der Waals surface area contributed by atoms with E-state index in [1.807, 2.05) is 6.92 Å². The van der Waals surface area contributed by atoms with Crippen LogP contribution in [-0.2, 0) is 24.0 Å². The zero-order chi connectivity index (χ0) is 25.3. The van der Waals surface area contributed by atoms with Crippen molar-refractivity contribution in [3.05, 3.63) is 23.8 Å². The molecule has 7 nitrogen and oxygen atoms in total. The van der Waals surface area contributed by atoms with Gasteiger partial charge in [-0.15, -0.1) is 0 Å². The number of hydrogen-bond acceptors (Lipinski definition) is 6. The Morgan fingerprint density at radius 3 is 2.41 bits per heavy atom. The number of rotatable bonds is 9. The van der Waals surface area contributed by atoms with E-state index in [0.29, 0.717) is 43.6 Å². The van der Waals surface area contributed by atoms with E-state index >= 15 is 0 Å². The molecule has 2 aliphatic rings. The number of hydrogen-bond donors (Lipinski definition) is 0. The maximum Gasteiger partial charge on any atom is 0.324 e. The fourth-order valence-electron chi connectivity index (χ4n) is 4.36. The largest absolute Gasteiger partial charge is 0.492 e. The lowest BCUT2D eigenvalue weighted by Gasteiger charge is -2.41. The van der Waals surface area contributed by atoms with Crippen LogP contribution >= 0.6 is 0 Å². The van der Waals surface area contributed by atoms with Crippen LogP contribution in [0.3, 0.4) is 0 Å². The van der Waals surface area contributed by atoms with E-state index in [1.165, 1.54) is 11.4 Å². The fourth-order valence-corrected chi connectivity index (χ4v) is 7.21. The molecule has 1 aromatic rings. The van der Waals surface area contributed by atoms with Gasteiger partial charge in [-0.05, 0) is 80.3 Å². The number of carbonyl (C=O) groups excluding carboxylic acids is 1. The summed E-state index contributed by atoms with van der Waals surface area (Å²) < 4.78 is 45.5. The molecule has 1 saturated carbocycles. The topological polar surface area (TPSA) is 82.1 Å². The van der Waals surface area contributed by atoms with Gasteiger partial charge in [0.25, 0.3) is 0 Å². The summed E-state index contributed by atoms with van der Waals surface area (Å²) in [7, 11) is -4.34. The summed E-state index contributed by atoms with van der Waals surface area (Å²) in [5.74, 6) is 0.764. The van der Waals surface area contributed by atoms with Crippen molar-refractivity contribution in [3.63, 3.8) is 0 Å². The Morgan fingerprint density at radius 2 is 1.79 bits per heavy atom. The second kappa shape index (κ2) is 10.3. The van der Waals surface area contributed by atoms with Gasteiger partial charge in [0.2, 0.25) is 10.0 Å². The van der Waals surface area contributed by atoms with Crippen molar-refractivity contribution in [1.29, 1.82) is 0 Å². The third-order valence-electron chi connectivity index (χ3n) is 7.66. The van der Waals surface area contributed by atoms with Gasteiger partial charge in [-0.3, -0.25) is 4.79 Å². The van der Waals surface area contributed by atoms with E-state index in [2.05, 4.69) is 33.9 Å². The Kier molecular flexibility index (Phi) is 8.22. The van der Waals surface area contributed by atoms with Gasteiger partial charge in [0.05, 0.1) is 13.7 Å². The van der Waals surface area contributed by atoms with Crippen LogP contribution in [0.15, 0.2) is 23.1 Å². The minimum Gasteiger partial charge on any atom is -0.492 e. The standard InChI is InChI=1S/C25H41NO6SSi/c1-18-10-11-23(33(28,29)26-12-8-9-21(26)24(27)30-5)22(13-18)31-16-19-14-20(15-19)17-32-34(6,7)25(2,3)4/h10-11,13,19-21H,8-9,12,14-17H2,1-7H3/t19?,20?,21-/m0/s1. The molecule has 1 aliphatic heterocycles. The van der Waals surface area contributed by atoms with E-state index in [1.54, 1.807) is 18.2 Å². The highest BCUT2D eigenvalue weighted by atomic mass is 32.2. The van der Waals surface area contributed by atoms with Gasteiger partial charge >= 0.3 is 5.97 Å². The second-order valence-electron chi connectivity index (χ2n) is 11.3. The molecule has 0 N–H and O–H groups in total. The van der Waals surface area contributed by atoms with Crippen LogP contribution in [0.2, 0.25) is 18.1 Å². The van der Waals surface area contributed by atoms with Crippen molar-refractivity contribution in [2.75, 3.05) is 26.9 Å². The number of benzene rings is 1.